The van der Waals surface area contributed by atoms with Crippen molar-refractivity contribution in [1.82, 2.24) is 0 Å². The molecule has 0 aromatic heterocycles. The van der Waals surface area contributed by atoms with Crippen LogP contribution in [0.4, 0.5) is 0 Å². The molecule has 1 aromatic carbocycles. The molecule has 0 aliphatic heterocycles. The molecule has 0 heterocycles. The molecule has 1 nitrogen and oxygen atoms in total. The lowest BCUT2D eigenvalue weighted by atomic mass is 9.94. The highest BCUT2D eigenvalue weighted by Crippen LogP contribution is 2.25. The smallest absolute Gasteiger partial charge is 0.0792 e. The van der Waals surface area contributed by atoms with Gasteiger partial charge in [0.25, 0.3) is 0 Å². The molecule has 0 saturated carbocycles. The second-order valence-electron chi connectivity index (χ2n) is 4.75. The Kier molecular flexibility index (Phi) is 6.28. The Balaban J connectivity index is 2.78. The second kappa shape index (κ2) is 7.50. The lowest BCUT2D eigenvalue weighted by molar-refractivity contribution is 0.162. The topological polar surface area (TPSA) is 20.2 Å². The third kappa shape index (κ3) is 4.16. The molecule has 1 atom stereocenters. The Morgan fingerprint density at radius 1 is 1.06 bits per heavy atom. The van der Waals surface area contributed by atoms with Gasteiger partial charge in [0.2, 0.25) is 0 Å². The van der Waals surface area contributed by atoms with E-state index in [0.717, 1.165) is 31.2 Å². The fourth-order valence-corrected chi connectivity index (χ4v) is 2.24. The molecule has 0 fully saturated rings. The van der Waals surface area contributed by atoms with Gasteiger partial charge in [-0.25, -0.2) is 0 Å². The van der Waals surface area contributed by atoms with E-state index in [-0.39, 0.29) is 6.10 Å². The Morgan fingerprint density at radius 3 is 2.41 bits per heavy atom. The van der Waals surface area contributed by atoms with Gasteiger partial charge in [-0.3, -0.25) is 0 Å². The zero-order valence-corrected chi connectivity index (χ0v) is 11.5. The predicted molar refractivity (Wildman–Crippen MR) is 74.3 cm³/mol. The molecule has 0 radical (unpaired) electrons. The van der Waals surface area contributed by atoms with Crippen LogP contribution in [0.3, 0.4) is 0 Å². The van der Waals surface area contributed by atoms with Crippen LogP contribution >= 0.6 is 0 Å². The van der Waals surface area contributed by atoms with Gasteiger partial charge in [-0.1, -0.05) is 58.2 Å². The van der Waals surface area contributed by atoms with Gasteiger partial charge in [0, 0.05) is 0 Å². The van der Waals surface area contributed by atoms with Gasteiger partial charge < -0.3 is 5.11 Å². The summed E-state index contributed by atoms with van der Waals surface area (Å²) < 4.78 is 0. The highest BCUT2D eigenvalue weighted by molar-refractivity contribution is 5.33. The van der Waals surface area contributed by atoms with Crippen molar-refractivity contribution < 1.29 is 5.11 Å². The highest BCUT2D eigenvalue weighted by atomic mass is 16.3. The van der Waals surface area contributed by atoms with Gasteiger partial charge >= 0.3 is 0 Å². The molecule has 1 aromatic rings. The Labute approximate surface area is 106 Å². The number of unbranched alkanes of at least 4 members (excludes halogenated alkanes) is 2. The SMILES string of the molecule is CCCCCC(O)c1cc(CC)ccc1CC. The molecule has 0 aliphatic rings. The molecule has 1 rings (SSSR count). The number of hydrogen-bond acceptors (Lipinski definition) is 1. The zero-order chi connectivity index (χ0) is 12.7. The molecular formula is C16H26O. The number of rotatable bonds is 7. The average molecular weight is 234 g/mol. The summed E-state index contributed by atoms with van der Waals surface area (Å²) in [6.45, 7) is 6.51. The average Bonchev–Trinajstić information content (AvgIpc) is 2.38. The quantitative estimate of drug-likeness (QED) is 0.692. The van der Waals surface area contributed by atoms with Crippen LogP contribution in [-0.4, -0.2) is 5.11 Å². The molecular weight excluding hydrogens is 208 g/mol. The highest BCUT2D eigenvalue weighted by Gasteiger charge is 2.11. The van der Waals surface area contributed by atoms with Crippen LogP contribution in [0.2, 0.25) is 0 Å². The maximum absolute atomic E-state index is 10.3. The monoisotopic (exact) mass is 234 g/mol. The molecule has 96 valence electrons. The van der Waals surface area contributed by atoms with Crippen molar-refractivity contribution >= 4 is 0 Å². The Morgan fingerprint density at radius 2 is 1.82 bits per heavy atom. The predicted octanol–water partition coefficient (Wildman–Crippen LogP) is 4.43. The summed E-state index contributed by atoms with van der Waals surface area (Å²) in [7, 11) is 0. The van der Waals surface area contributed by atoms with Crippen LogP contribution < -0.4 is 0 Å². The molecule has 0 spiro atoms. The molecule has 1 heteroatoms. The molecule has 17 heavy (non-hydrogen) atoms. The first-order valence-electron chi connectivity index (χ1n) is 7.02. The van der Waals surface area contributed by atoms with E-state index in [0.29, 0.717) is 0 Å². The largest absolute Gasteiger partial charge is 0.388 e. The van der Waals surface area contributed by atoms with Crippen molar-refractivity contribution in [2.75, 3.05) is 0 Å². The zero-order valence-electron chi connectivity index (χ0n) is 11.5. The summed E-state index contributed by atoms with van der Waals surface area (Å²) in [5.41, 5.74) is 3.78. The van der Waals surface area contributed by atoms with Gasteiger partial charge in [0.1, 0.15) is 0 Å². The van der Waals surface area contributed by atoms with E-state index in [4.69, 9.17) is 0 Å². The maximum atomic E-state index is 10.3. The first kappa shape index (κ1) is 14.2. The minimum absolute atomic E-state index is 0.275. The lowest BCUT2D eigenvalue weighted by Crippen LogP contribution is -2.03. The number of aliphatic hydroxyl groups is 1. The normalized spacial score (nSPS) is 12.7. The lowest BCUT2D eigenvalue weighted by Gasteiger charge is -2.16. The van der Waals surface area contributed by atoms with Crippen LogP contribution in [0.25, 0.3) is 0 Å². The maximum Gasteiger partial charge on any atom is 0.0792 e. The van der Waals surface area contributed by atoms with Gasteiger partial charge in [-0.05, 0) is 36.0 Å². The number of hydrogen-bond donors (Lipinski definition) is 1. The van der Waals surface area contributed by atoms with Gasteiger partial charge in [-0.15, -0.1) is 0 Å². The van der Waals surface area contributed by atoms with E-state index in [2.05, 4.69) is 39.0 Å². The van der Waals surface area contributed by atoms with Crippen molar-refractivity contribution in [3.8, 4) is 0 Å². The van der Waals surface area contributed by atoms with Crippen molar-refractivity contribution in [1.29, 1.82) is 0 Å². The van der Waals surface area contributed by atoms with Crippen molar-refractivity contribution in [2.24, 2.45) is 0 Å². The molecule has 0 bridgehead atoms. The van der Waals surface area contributed by atoms with Crippen molar-refractivity contribution in [3.63, 3.8) is 0 Å². The Bertz CT molecular complexity index is 330. The number of aryl methyl sites for hydroxylation is 2. The summed E-state index contributed by atoms with van der Waals surface area (Å²) >= 11 is 0. The molecule has 0 aliphatic carbocycles. The van der Waals surface area contributed by atoms with E-state index < -0.39 is 0 Å². The summed E-state index contributed by atoms with van der Waals surface area (Å²) in [5, 5.41) is 10.3. The van der Waals surface area contributed by atoms with Crippen molar-refractivity contribution in [2.45, 2.75) is 65.4 Å². The third-order valence-electron chi connectivity index (χ3n) is 3.44. The van der Waals surface area contributed by atoms with E-state index in [1.165, 1.54) is 24.0 Å². The summed E-state index contributed by atoms with van der Waals surface area (Å²) in [6, 6.07) is 6.55. The summed E-state index contributed by atoms with van der Waals surface area (Å²) in [5.74, 6) is 0. The fraction of sp³-hybridized carbons (Fsp3) is 0.625. The van der Waals surface area contributed by atoms with E-state index in [1.54, 1.807) is 0 Å². The minimum atomic E-state index is -0.275. The van der Waals surface area contributed by atoms with Crippen LogP contribution in [0.5, 0.6) is 0 Å². The number of aliphatic hydroxyl groups excluding tert-OH is 1. The number of benzene rings is 1. The van der Waals surface area contributed by atoms with Gasteiger partial charge in [-0.2, -0.15) is 0 Å². The van der Waals surface area contributed by atoms with Crippen LogP contribution in [0.1, 0.15) is 69.2 Å². The van der Waals surface area contributed by atoms with Crippen molar-refractivity contribution in [3.05, 3.63) is 34.9 Å². The summed E-state index contributed by atoms with van der Waals surface area (Å²) in [6.07, 6.45) is 6.21. The summed E-state index contributed by atoms with van der Waals surface area (Å²) in [4.78, 5) is 0. The van der Waals surface area contributed by atoms with Crippen LogP contribution in [0, 0.1) is 0 Å². The van der Waals surface area contributed by atoms with E-state index in [1.807, 2.05) is 0 Å². The van der Waals surface area contributed by atoms with Crippen LogP contribution in [0.15, 0.2) is 18.2 Å². The van der Waals surface area contributed by atoms with Crippen LogP contribution in [-0.2, 0) is 12.8 Å². The standard InChI is InChI=1S/C16H26O/c1-4-7-8-9-16(17)15-12-13(5-2)10-11-14(15)6-3/h10-12,16-17H,4-9H2,1-3H3. The molecule has 1 unspecified atom stereocenters. The fourth-order valence-electron chi connectivity index (χ4n) is 2.24. The van der Waals surface area contributed by atoms with E-state index >= 15 is 0 Å². The molecule has 1 N–H and O–H groups in total. The molecule has 0 amide bonds. The first-order valence-corrected chi connectivity index (χ1v) is 7.02. The minimum Gasteiger partial charge on any atom is -0.388 e. The first-order chi connectivity index (χ1) is 8.22. The van der Waals surface area contributed by atoms with Gasteiger partial charge in [0.05, 0.1) is 6.10 Å². The third-order valence-corrected chi connectivity index (χ3v) is 3.44. The Hall–Kier alpha value is -0.820. The molecule has 0 saturated heterocycles. The van der Waals surface area contributed by atoms with Gasteiger partial charge in [0.15, 0.2) is 0 Å². The second-order valence-corrected chi connectivity index (χ2v) is 4.75. The van der Waals surface area contributed by atoms with E-state index in [9.17, 15) is 5.11 Å².